The molecule has 0 aliphatic carbocycles. The minimum atomic E-state index is -0.891. The van der Waals surface area contributed by atoms with Gasteiger partial charge in [-0.3, -0.25) is 4.79 Å². The number of carbonyl (C=O) groups excluding carboxylic acids is 1. The molecule has 0 bridgehead atoms. The van der Waals surface area contributed by atoms with Gasteiger partial charge in [-0.15, -0.1) is 0 Å². The molecule has 1 aliphatic rings. The van der Waals surface area contributed by atoms with Crippen molar-refractivity contribution in [1.82, 2.24) is 4.90 Å². The fourth-order valence-corrected chi connectivity index (χ4v) is 1.40. The summed E-state index contributed by atoms with van der Waals surface area (Å²) in [4.78, 5) is 22.8. The van der Waals surface area contributed by atoms with Gasteiger partial charge in [0.05, 0.1) is 0 Å². The number of carboxylic acids is 1. The van der Waals surface area contributed by atoms with Crippen molar-refractivity contribution >= 4 is 11.9 Å². The van der Waals surface area contributed by atoms with Gasteiger partial charge < -0.3 is 10.0 Å². The topological polar surface area (TPSA) is 57.6 Å². The first-order valence-electron chi connectivity index (χ1n) is 3.63. The fraction of sp³-hybridized carbons (Fsp3) is 0.714. The van der Waals surface area contributed by atoms with Gasteiger partial charge in [-0.2, -0.15) is 0 Å². The predicted octanol–water partition coefficient (Wildman–Crippen LogP) is 0.0819. The zero-order valence-electron chi connectivity index (χ0n) is 6.41. The molecule has 1 fully saturated rings. The molecule has 1 N–H and O–H groups in total. The van der Waals surface area contributed by atoms with E-state index in [4.69, 9.17) is 5.11 Å². The molecule has 62 valence electrons. The Hall–Kier alpha value is -1.06. The molecular weight excluding hydrogens is 147 g/mol. The number of nitrogens with zero attached hydrogens (tertiary/aromatic N) is 1. The highest BCUT2D eigenvalue weighted by Gasteiger charge is 2.31. The van der Waals surface area contributed by atoms with E-state index in [2.05, 4.69) is 0 Å². The highest BCUT2D eigenvalue weighted by molar-refractivity contribution is 5.82. The molecule has 1 aliphatic heterocycles. The first-order chi connectivity index (χ1) is 5.13. The van der Waals surface area contributed by atoms with Crippen molar-refractivity contribution in [3.63, 3.8) is 0 Å². The second-order valence-electron chi connectivity index (χ2n) is 2.71. The van der Waals surface area contributed by atoms with Crippen LogP contribution in [0, 0.1) is 0 Å². The van der Waals surface area contributed by atoms with Crippen LogP contribution in [0.4, 0.5) is 0 Å². The Labute approximate surface area is 64.8 Å². The van der Waals surface area contributed by atoms with E-state index in [0.29, 0.717) is 13.0 Å². The summed E-state index contributed by atoms with van der Waals surface area (Å²) >= 11 is 0. The van der Waals surface area contributed by atoms with E-state index in [9.17, 15) is 9.59 Å². The lowest BCUT2D eigenvalue weighted by Crippen LogP contribution is -2.38. The molecule has 0 saturated carbocycles. The standard InChI is InChI=1S/C7H11NO3/c1-5(9)8-4-2-3-6(8)7(10)11/h6H,2-4H2,1H3,(H,10,11)/t6-/m0/s1/i10+1. The summed E-state index contributed by atoms with van der Waals surface area (Å²) in [6, 6.07) is -0.576. The van der Waals surface area contributed by atoms with Gasteiger partial charge in [-0.05, 0) is 12.8 Å². The number of hydrogen-bond acceptors (Lipinski definition) is 2. The maximum absolute atomic E-state index is 10.8. The van der Waals surface area contributed by atoms with Crippen LogP contribution in [0.2, 0.25) is 0 Å². The van der Waals surface area contributed by atoms with Gasteiger partial charge in [0, 0.05) is 13.5 Å². The first-order valence-corrected chi connectivity index (χ1v) is 3.63. The summed E-state index contributed by atoms with van der Waals surface area (Å²) in [5, 5.41) is 8.64. The molecule has 0 unspecified atom stereocenters. The lowest BCUT2D eigenvalue weighted by molar-refractivity contribution is -0.147. The molecule has 0 aromatic carbocycles. The van der Waals surface area contributed by atoms with E-state index in [1.54, 1.807) is 0 Å². The molecule has 4 heteroatoms. The van der Waals surface area contributed by atoms with Crippen molar-refractivity contribution in [3.8, 4) is 0 Å². The summed E-state index contributed by atoms with van der Waals surface area (Å²) in [6.45, 7) is 1.99. The van der Waals surface area contributed by atoms with Gasteiger partial charge in [0.25, 0.3) is 0 Å². The third-order valence-electron chi connectivity index (χ3n) is 1.94. The molecule has 0 radical (unpaired) electrons. The van der Waals surface area contributed by atoms with Crippen LogP contribution in [0.5, 0.6) is 0 Å². The van der Waals surface area contributed by atoms with Crippen LogP contribution < -0.4 is 0 Å². The van der Waals surface area contributed by atoms with Crippen molar-refractivity contribution in [3.05, 3.63) is 0 Å². The monoisotopic (exact) mass is 158 g/mol. The summed E-state index contributed by atoms with van der Waals surface area (Å²) in [7, 11) is 0. The number of aliphatic carboxylic acids is 1. The molecular formula is C7H11NO3. The van der Waals surface area contributed by atoms with Gasteiger partial charge in [0.15, 0.2) is 0 Å². The maximum atomic E-state index is 10.8. The van der Waals surface area contributed by atoms with Crippen LogP contribution in [0.1, 0.15) is 19.8 Å². The van der Waals surface area contributed by atoms with Crippen LogP contribution in [0.3, 0.4) is 0 Å². The molecule has 0 aromatic heterocycles. The average molecular weight is 158 g/mol. The average Bonchev–Trinajstić information content (AvgIpc) is 2.32. The van der Waals surface area contributed by atoms with E-state index < -0.39 is 12.0 Å². The second kappa shape index (κ2) is 2.90. The van der Waals surface area contributed by atoms with Gasteiger partial charge in [0.2, 0.25) is 5.91 Å². The first kappa shape index (κ1) is 8.04. The normalized spacial score (nSPS) is 23.7. The quantitative estimate of drug-likeness (QED) is 0.588. The molecule has 1 amide bonds. The van der Waals surface area contributed by atoms with Crippen LogP contribution in [-0.2, 0) is 9.59 Å². The SMILES string of the molecule is CC(=O)N1CCC[C@H]1C(O)=[17O]. The lowest BCUT2D eigenvalue weighted by atomic mass is 10.2. The van der Waals surface area contributed by atoms with Crippen LogP contribution in [0.25, 0.3) is 0 Å². The highest BCUT2D eigenvalue weighted by Crippen LogP contribution is 2.16. The summed E-state index contributed by atoms with van der Waals surface area (Å²) in [5.74, 6) is -1.03. The van der Waals surface area contributed by atoms with Gasteiger partial charge in [-0.25, -0.2) is 4.79 Å². The fourth-order valence-electron chi connectivity index (χ4n) is 1.40. The predicted molar refractivity (Wildman–Crippen MR) is 38.0 cm³/mol. The zero-order valence-corrected chi connectivity index (χ0v) is 6.41. The molecule has 11 heavy (non-hydrogen) atoms. The Kier molecular flexibility index (Phi) is 2.12. The number of rotatable bonds is 1. The Bertz CT molecular complexity index is 170. The highest BCUT2D eigenvalue weighted by atomic mass is 17.1. The van der Waals surface area contributed by atoms with Crippen molar-refractivity contribution in [2.24, 2.45) is 0 Å². The molecule has 4 nitrogen and oxygen atoms in total. The molecule has 1 saturated heterocycles. The van der Waals surface area contributed by atoms with Crippen LogP contribution in [0.15, 0.2) is 0 Å². The van der Waals surface area contributed by atoms with Gasteiger partial charge >= 0.3 is 5.97 Å². The van der Waals surface area contributed by atoms with E-state index in [1.807, 2.05) is 0 Å². The summed E-state index contributed by atoms with van der Waals surface area (Å²) < 4.78 is 0. The second-order valence-corrected chi connectivity index (χ2v) is 2.71. The molecule has 1 rings (SSSR count). The third kappa shape index (κ3) is 1.50. The van der Waals surface area contributed by atoms with Crippen molar-refractivity contribution in [2.45, 2.75) is 25.8 Å². The minimum absolute atomic E-state index is 0.144. The Balaban J connectivity index is 2.65. The zero-order chi connectivity index (χ0) is 8.43. The third-order valence-corrected chi connectivity index (χ3v) is 1.94. The lowest BCUT2D eigenvalue weighted by Gasteiger charge is -2.18. The minimum Gasteiger partial charge on any atom is -0.480 e. The maximum Gasteiger partial charge on any atom is 0.326 e. The van der Waals surface area contributed by atoms with Crippen molar-refractivity contribution in [2.75, 3.05) is 6.54 Å². The van der Waals surface area contributed by atoms with E-state index in [-0.39, 0.29) is 5.91 Å². The number of hydrogen-bond donors (Lipinski definition) is 1. The van der Waals surface area contributed by atoms with Crippen LogP contribution >= 0.6 is 0 Å². The number of amides is 1. The summed E-state index contributed by atoms with van der Waals surface area (Å²) in [6.07, 6.45) is 1.39. The summed E-state index contributed by atoms with van der Waals surface area (Å²) in [5.41, 5.74) is 0. The Morgan fingerprint density at radius 3 is 2.73 bits per heavy atom. The number of likely N-dealkylation sites (tertiary alicyclic amines) is 1. The van der Waals surface area contributed by atoms with E-state index >= 15 is 0 Å². The van der Waals surface area contributed by atoms with E-state index in [1.165, 1.54) is 11.8 Å². The largest absolute Gasteiger partial charge is 0.480 e. The number of carbonyl (C=O) groups is 2. The van der Waals surface area contributed by atoms with E-state index in [0.717, 1.165) is 6.42 Å². The van der Waals surface area contributed by atoms with Crippen molar-refractivity contribution < 1.29 is 14.7 Å². The molecule has 0 spiro atoms. The molecule has 0 aromatic rings. The van der Waals surface area contributed by atoms with Gasteiger partial charge in [-0.1, -0.05) is 0 Å². The Morgan fingerprint density at radius 1 is 1.73 bits per heavy atom. The molecule has 1 atom stereocenters. The smallest absolute Gasteiger partial charge is 0.326 e. The Morgan fingerprint density at radius 2 is 2.36 bits per heavy atom. The van der Waals surface area contributed by atoms with Crippen LogP contribution in [-0.4, -0.2) is 34.5 Å². The molecule has 1 heterocycles. The number of carboxylic acid groups (broad SMARTS) is 1. The van der Waals surface area contributed by atoms with Crippen molar-refractivity contribution in [1.29, 1.82) is 0 Å². The van der Waals surface area contributed by atoms with Gasteiger partial charge in [0.1, 0.15) is 6.04 Å².